The van der Waals surface area contributed by atoms with Crippen LogP contribution in [0.5, 0.6) is 5.75 Å². The highest BCUT2D eigenvalue weighted by Crippen LogP contribution is 2.28. The zero-order valence-corrected chi connectivity index (χ0v) is 15.4. The van der Waals surface area contributed by atoms with Crippen LogP contribution in [-0.2, 0) is 4.79 Å². The van der Waals surface area contributed by atoms with Crippen molar-refractivity contribution in [2.75, 3.05) is 18.0 Å². The summed E-state index contributed by atoms with van der Waals surface area (Å²) in [5, 5.41) is 2.85. The lowest BCUT2D eigenvalue weighted by molar-refractivity contribution is -0.274. The molecule has 0 aliphatic carbocycles. The molecule has 1 saturated heterocycles. The zero-order chi connectivity index (χ0) is 17.3. The summed E-state index contributed by atoms with van der Waals surface area (Å²) in [6.07, 6.45) is -4.01. The highest BCUT2D eigenvalue weighted by molar-refractivity contribution is 5.86. The summed E-state index contributed by atoms with van der Waals surface area (Å²) < 4.78 is 40.7. The van der Waals surface area contributed by atoms with Gasteiger partial charge in [-0.2, -0.15) is 0 Å². The maximum Gasteiger partial charge on any atom is 0.573 e. The predicted molar refractivity (Wildman–Crippen MR) is 94.6 cm³/mol. The van der Waals surface area contributed by atoms with Crippen LogP contribution in [-0.4, -0.2) is 36.9 Å². The van der Waals surface area contributed by atoms with E-state index in [-0.39, 0.29) is 42.5 Å². The molecule has 25 heavy (non-hydrogen) atoms. The van der Waals surface area contributed by atoms with E-state index in [0.717, 1.165) is 0 Å². The molecule has 1 aliphatic heterocycles. The molecule has 1 aromatic rings. The van der Waals surface area contributed by atoms with Gasteiger partial charge in [0.1, 0.15) is 5.75 Å². The molecule has 10 heteroatoms. The van der Waals surface area contributed by atoms with E-state index >= 15 is 0 Å². The van der Waals surface area contributed by atoms with Gasteiger partial charge in [0.15, 0.2) is 0 Å². The lowest BCUT2D eigenvalue weighted by atomic mass is 10.1. The number of nitrogens with zero attached hydrogens (tertiary/aromatic N) is 1. The van der Waals surface area contributed by atoms with Crippen molar-refractivity contribution in [3.63, 3.8) is 0 Å². The second kappa shape index (κ2) is 8.82. The number of amides is 1. The summed E-state index contributed by atoms with van der Waals surface area (Å²) in [4.78, 5) is 13.8. The minimum absolute atomic E-state index is 0. The number of nitrogens with two attached hydrogens (primary N) is 1. The van der Waals surface area contributed by atoms with Crippen LogP contribution < -0.4 is 20.7 Å². The van der Waals surface area contributed by atoms with Crippen LogP contribution in [0.25, 0.3) is 0 Å². The van der Waals surface area contributed by atoms with Crippen molar-refractivity contribution < 1.29 is 22.7 Å². The van der Waals surface area contributed by atoms with E-state index in [4.69, 9.17) is 5.73 Å². The normalized spacial score (nSPS) is 17.4. The molecule has 0 radical (unpaired) electrons. The summed E-state index contributed by atoms with van der Waals surface area (Å²) in [6, 6.07) is 5.72. The molecule has 1 aliphatic rings. The summed E-state index contributed by atoms with van der Waals surface area (Å²) in [5.74, 6) is -0.510. The van der Waals surface area contributed by atoms with Crippen LogP contribution in [0.1, 0.15) is 20.3 Å². The molecule has 2 rings (SSSR count). The number of rotatable bonds is 4. The second-order valence-electron chi connectivity index (χ2n) is 6.17. The van der Waals surface area contributed by atoms with Crippen molar-refractivity contribution in [1.29, 1.82) is 0 Å². The Morgan fingerprint density at radius 2 is 1.96 bits per heavy atom. The van der Waals surface area contributed by atoms with Crippen molar-refractivity contribution in [2.45, 2.75) is 38.2 Å². The molecule has 3 N–H and O–H groups in total. The highest BCUT2D eigenvalue weighted by Gasteiger charge is 2.32. The van der Waals surface area contributed by atoms with Gasteiger partial charge in [-0.1, -0.05) is 6.07 Å². The molecular weight excluding hydrogens is 382 g/mol. The summed E-state index contributed by atoms with van der Waals surface area (Å²) in [7, 11) is 0. The van der Waals surface area contributed by atoms with Crippen LogP contribution in [0.15, 0.2) is 24.3 Å². The molecule has 0 spiro atoms. The highest BCUT2D eigenvalue weighted by atomic mass is 35.5. The minimum atomic E-state index is -4.72. The molecule has 1 atom stereocenters. The number of ether oxygens (including phenoxy) is 1. The average Bonchev–Trinajstić information content (AvgIpc) is 2.84. The van der Waals surface area contributed by atoms with Gasteiger partial charge in [0.2, 0.25) is 5.91 Å². The van der Waals surface area contributed by atoms with Crippen molar-refractivity contribution >= 4 is 36.4 Å². The van der Waals surface area contributed by atoms with Gasteiger partial charge in [0, 0.05) is 30.9 Å². The number of nitrogens with one attached hydrogen (secondary N) is 1. The molecule has 0 aromatic heterocycles. The lowest BCUT2D eigenvalue weighted by Gasteiger charge is -2.23. The third-order valence-corrected chi connectivity index (χ3v) is 3.53. The van der Waals surface area contributed by atoms with Crippen molar-refractivity contribution in [1.82, 2.24) is 5.32 Å². The summed E-state index contributed by atoms with van der Waals surface area (Å²) >= 11 is 0. The molecule has 1 heterocycles. The first-order valence-corrected chi connectivity index (χ1v) is 7.25. The summed E-state index contributed by atoms with van der Waals surface area (Å²) in [5.41, 5.74) is 5.39. The maximum atomic E-state index is 12.3. The van der Waals surface area contributed by atoms with E-state index in [1.165, 1.54) is 18.2 Å². The van der Waals surface area contributed by atoms with E-state index in [1.807, 2.05) is 4.90 Å². The molecule has 1 amide bonds. The zero-order valence-electron chi connectivity index (χ0n) is 13.8. The number of hydrogen-bond donors (Lipinski definition) is 2. The van der Waals surface area contributed by atoms with Gasteiger partial charge >= 0.3 is 6.36 Å². The van der Waals surface area contributed by atoms with Crippen LogP contribution in [0, 0.1) is 0 Å². The monoisotopic (exact) mass is 403 g/mol. The molecule has 0 saturated carbocycles. The predicted octanol–water partition coefficient (Wildman–Crippen LogP) is 2.86. The Kier molecular flexibility index (Phi) is 8.33. The van der Waals surface area contributed by atoms with Gasteiger partial charge in [-0.3, -0.25) is 4.79 Å². The minimum Gasteiger partial charge on any atom is -0.406 e. The first kappa shape index (κ1) is 23.6. The number of benzene rings is 1. The van der Waals surface area contributed by atoms with Crippen LogP contribution >= 0.6 is 24.8 Å². The van der Waals surface area contributed by atoms with Crippen LogP contribution in [0.2, 0.25) is 0 Å². The van der Waals surface area contributed by atoms with Crippen molar-refractivity contribution in [3.05, 3.63) is 24.3 Å². The SMILES string of the molecule is CC(C)(N)C(=O)NC1CCN(c2cccc(OC(F)(F)F)c2)C1.Cl.Cl. The Bertz CT molecular complexity index is 580. The van der Waals surface area contributed by atoms with Gasteiger partial charge in [-0.25, -0.2) is 0 Å². The largest absolute Gasteiger partial charge is 0.573 e. The fraction of sp³-hybridized carbons (Fsp3) is 0.533. The molecule has 1 unspecified atom stereocenters. The quantitative estimate of drug-likeness (QED) is 0.810. The second-order valence-corrected chi connectivity index (χ2v) is 6.17. The van der Waals surface area contributed by atoms with Crippen molar-refractivity contribution in [2.24, 2.45) is 5.73 Å². The Morgan fingerprint density at radius 3 is 2.52 bits per heavy atom. The van der Waals surface area contributed by atoms with E-state index < -0.39 is 11.9 Å². The first-order chi connectivity index (χ1) is 10.5. The Labute approximate surface area is 156 Å². The van der Waals surface area contributed by atoms with E-state index in [0.29, 0.717) is 25.2 Å². The third kappa shape index (κ3) is 7.17. The molecule has 5 nitrogen and oxygen atoms in total. The van der Waals surface area contributed by atoms with Gasteiger partial charge in [0.25, 0.3) is 0 Å². The fourth-order valence-corrected chi connectivity index (χ4v) is 2.36. The van der Waals surface area contributed by atoms with Crippen LogP contribution in [0.3, 0.4) is 0 Å². The molecular formula is C15H22Cl2F3N3O2. The molecule has 144 valence electrons. The molecule has 1 fully saturated rings. The Balaban J connectivity index is 0.00000288. The number of hydrogen-bond acceptors (Lipinski definition) is 4. The topological polar surface area (TPSA) is 67.6 Å². The number of halogens is 5. The van der Waals surface area contributed by atoms with Gasteiger partial charge in [-0.05, 0) is 32.4 Å². The van der Waals surface area contributed by atoms with Gasteiger partial charge < -0.3 is 20.7 Å². The van der Waals surface area contributed by atoms with Gasteiger partial charge in [-0.15, -0.1) is 38.0 Å². The standard InChI is InChI=1S/C15H20F3N3O2.2ClH/c1-14(2,19)13(22)20-10-6-7-21(9-10)11-4-3-5-12(8-11)23-15(16,17)18;;/h3-5,8,10H,6-7,9,19H2,1-2H3,(H,20,22);2*1H. The third-order valence-electron chi connectivity index (χ3n) is 3.53. The fourth-order valence-electron chi connectivity index (χ4n) is 2.36. The van der Waals surface area contributed by atoms with E-state index in [1.54, 1.807) is 19.9 Å². The van der Waals surface area contributed by atoms with Crippen molar-refractivity contribution in [3.8, 4) is 5.75 Å². The maximum absolute atomic E-state index is 12.3. The lowest BCUT2D eigenvalue weighted by Crippen LogP contribution is -2.52. The van der Waals surface area contributed by atoms with Crippen LogP contribution in [0.4, 0.5) is 18.9 Å². The van der Waals surface area contributed by atoms with E-state index in [2.05, 4.69) is 10.1 Å². The summed E-state index contributed by atoms with van der Waals surface area (Å²) in [6.45, 7) is 4.38. The number of carbonyl (C=O) groups excluding carboxylic acids is 1. The number of alkyl halides is 3. The molecule has 0 bridgehead atoms. The number of anilines is 1. The first-order valence-electron chi connectivity index (χ1n) is 7.25. The number of carbonyl (C=O) groups is 1. The smallest absolute Gasteiger partial charge is 0.406 e. The average molecular weight is 404 g/mol. The van der Waals surface area contributed by atoms with E-state index in [9.17, 15) is 18.0 Å². The van der Waals surface area contributed by atoms with Gasteiger partial charge in [0.05, 0.1) is 5.54 Å². The Hall–Kier alpha value is -1.38. The molecule has 1 aromatic carbocycles. The Morgan fingerprint density at radius 1 is 1.32 bits per heavy atom.